The maximum Gasteiger partial charge on any atom is 0.357 e. The molecule has 0 heterocycles. The minimum absolute atomic E-state index is 0.0369. The fourth-order valence-corrected chi connectivity index (χ4v) is 6.40. The van der Waals surface area contributed by atoms with E-state index in [1.807, 2.05) is 6.07 Å². The largest absolute Gasteiger partial charge is 0.495 e. The lowest BCUT2D eigenvalue weighted by atomic mass is 9.55. The van der Waals surface area contributed by atoms with Crippen LogP contribution in [0.2, 0.25) is 0 Å². The molecular weight excluding hydrogens is 354 g/mol. The molecule has 0 saturated heterocycles. The Labute approximate surface area is 154 Å². The molecule has 2 saturated carbocycles. The zero-order valence-corrected chi connectivity index (χ0v) is 16.1. The Morgan fingerprint density at radius 2 is 2.00 bits per heavy atom. The van der Waals surface area contributed by atoms with Crippen LogP contribution in [0.4, 0.5) is 5.69 Å². The molecule has 3 aliphatic carbocycles. The smallest absolute Gasteiger partial charge is 0.357 e. The minimum Gasteiger partial charge on any atom is -0.495 e. The van der Waals surface area contributed by atoms with E-state index < -0.39 is 10.3 Å². The Morgan fingerprint density at radius 1 is 1.23 bits per heavy atom. The molecule has 26 heavy (non-hydrogen) atoms. The van der Waals surface area contributed by atoms with E-state index in [9.17, 15) is 13.5 Å². The molecule has 4 rings (SSSR count). The molecule has 144 valence electrons. The van der Waals surface area contributed by atoms with Gasteiger partial charge in [0.05, 0.1) is 18.9 Å². The number of ether oxygens (including phenoxy) is 1. The number of nitrogens with one attached hydrogen (secondary N) is 1. The topological polar surface area (TPSA) is 95.9 Å². The summed E-state index contributed by atoms with van der Waals surface area (Å²) in [6, 6.07) is 3.74. The first-order chi connectivity index (χ1) is 12.2. The molecule has 1 aromatic rings. The average molecular weight is 381 g/mol. The van der Waals surface area contributed by atoms with Crippen molar-refractivity contribution in [3.05, 3.63) is 23.3 Å². The van der Waals surface area contributed by atoms with Crippen molar-refractivity contribution in [2.24, 2.45) is 17.3 Å². The third kappa shape index (κ3) is 2.80. The first kappa shape index (κ1) is 18.1. The van der Waals surface area contributed by atoms with Crippen LogP contribution < -0.4 is 9.46 Å². The van der Waals surface area contributed by atoms with Crippen molar-refractivity contribution in [1.29, 1.82) is 0 Å². The number of methoxy groups -OCH3 is 1. The molecule has 0 aromatic heterocycles. The van der Waals surface area contributed by atoms with Crippen molar-refractivity contribution in [2.75, 3.05) is 11.8 Å². The summed E-state index contributed by atoms with van der Waals surface area (Å²) in [4.78, 5) is 0. The molecule has 0 amide bonds. The highest BCUT2D eigenvalue weighted by Crippen LogP contribution is 2.61. The predicted molar refractivity (Wildman–Crippen MR) is 98.8 cm³/mol. The summed E-state index contributed by atoms with van der Waals surface area (Å²) in [5, 5.41) is 10.5. The Kier molecular flexibility index (Phi) is 4.24. The van der Waals surface area contributed by atoms with Crippen molar-refractivity contribution in [3.8, 4) is 5.75 Å². The maximum atomic E-state index is 11.2. The normalized spacial score (nSPS) is 36.0. The molecule has 3 N–H and O–H groups in total. The van der Waals surface area contributed by atoms with Gasteiger partial charge in [-0.25, -0.2) is 0 Å². The third-order valence-corrected chi connectivity index (χ3v) is 7.71. The van der Waals surface area contributed by atoms with Gasteiger partial charge in [-0.1, -0.05) is 6.92 Å². The van der Waals surface area contributed by atoms with Gasteiger partial charge in [0.2, 0.25) is 0 Å². The number of aliphatic hydroxyl groups is 1. The van der Waals surface area contributed by atoms with Crippen molar-refractivity contribution >= 4 is 16.0 Å². The number of rotatable bonds is 3. The predicted octanol–water partition coefficient (Wildman–Crippen LogP) is 3.13. The number of hydrogen-bond donors (Lipinski definition) is 3. The first-order valence-corrected chi connectivity index (χ1v) is 10.8. The standard InChI is InChI=1S/C19H27NO5S/c1-19-8-7-12-13(15(19)5-6-18(19)21)4-3-11-9-16(20-26(22,23)24)17(25-2)10-14(11)12/h9-10,12-13,15,18,20-21H,3-8H2,1-2H3,(H,22,23,24)/t12-,13+,15-,18+,19-/m0/s1. The molecule has 0 radical (unpaired) electrons. The van der Waals surface area contributed by atoms with Crippen LogP contribution in [0.25, 0.3) is 0 Å². The van der Waals surface area contributed by atoms with Crippen LogP contribution in [0.1, 0.15) is 56.1 Å². The van der Waals surface area contributed by atoms with Crippen LogP contribution in [0, 0.1) is 17.3 Å². The summed E-state index contributed by atoms with van der Waals surface area (Å²) in [5.41, 5.74) is 2.68. The quantitative estimate of drug-likeness (QED) is 0.699. The number of anilines is 1. The number of fused-ring (bicyclic) bond motifs is 5. The SMILES string of the molecule is COc1cc2c(cc1NS(=O)(=O)O)CC[C@@H]1[C@@H]2CC[C@]2(C)[C@H](O)CC[C@@H]12. The highest BCUT2D eigenvalue weighted by molar-refractivity contribution is 7.87. The van der Waals surface area contributed by atoms with Crippen molar-refractivity contribution in [2.45, 2.75) is 57.5 Å². The van der Waals surface area contributed by atoms with E-state index in [0.29, 0.717) is 23.5 Å². The molecule has 7 heteroatoms. The molecule has 5 atom stereocenters. The maximum absolute atomic E-state index is 11.2. The van der Waals surface area contributed by atoms with Gasteiger partial charge in [-0.05, 0) is 85.0 Å². The first-order valence-electron chi connectivity index (χ1n) is 9.37. The van der Waals surface area contributed by atoms with Crippen molar-refractivity contribution in [1.82, 2.24) is 0 Å². The average Bonchev–Trinajstić information content (AvgIpc) is 2.88. The van der Waals surface area contributed by atoms with E-state index in [1.54, 1.807) is 6.07 Å². The van der Waals surface area contributed by atoms with Crippen LogP contribution in [-0.2, 0) is 16.7 Å². The van der Waals surface area contributed by atoms with Crippen LogP contribution >= 0.6 is 0 Å². The van der Waals surface area contributed by atoms with Gasteiger partial charge in [-0.2, -0.15) is 8.42 Å². The van der Waals surface area contributed by atoms with Gasteiger partial charge >= 0.3 is 10.3 Å². The van der Waals surface area contributed by atoms with Gasteiger partial charge in [0.1, 0.15) is 5.75 Å². The van der Waals surface area contributed by atoms with E-state index in [2.05, 4.69) is 11.6 Å². The number of aliphatic hydroxyl groups excluding tert-OH is 1. The van der Waals surface area contributed by atoms with Crippen molar-refractivity contribution < 1.29 is 22.8 Å². The zero-order valence-electron chi connectivity index (χ0n) is 15.2. The van der Waals surface area contributed by atoms with E-state index in [4.69, 9.17) is 9.29 Å². The molecule has 6 nitrogen and oxygen atoms in total. The van der Waals surface area contributed by atoms with E-state index >= 15 is 0 Å². The summed E-state index contributed by atoms with van der Waals surface area (Å²) in [7, 11) is -2.84. The van der Waals surface area contributed by atoms with Gasteiger partial charge in [-0.3, -0.25) is 9.27 Å². The van der Waals surface area contributed by atoms with E-state index in [1.165, 1.54) is 12.7 Å². The fourth-order valence-electron chi connectivity index (χ4n) is 5.96. The van der Waals surface area contributed by atoms with Gasteiger partial charge in [-0.15, -0.1) is 0 Å². The molecule has 1 aromatic carbocycles. The number of aryl methyl sites for hydroxylation is 1. The summed E-state index contributed by atoms with van der Waals surface area (Å²) in [5.74, 6) is 1.96. The van der Waals surface area contributed by atoms with Crippen molar-refractivity contribution in [3.63, 3.8) is 0 Å². The molecule has 2 fully saturated rings. The second kappa shape index (κ2) is 6.11. The monoisotopic (exact) mass is 381 g/mol. The summed E-state index contributed by atoms with van der Waals surface area (Å²) in [6.45, 7) is 2.25. The zero-order chi connectivity index (χ0) is 18.7. The Morgan fingerprint density at radius 3 is 2.69 bits per heavy atom. The van der Waals surface area contributed by atoms with Gasteiger partial charge < -0.3 is 9.84 Å². The minimum atomic E-state index is -4.34. The van der Waals surface area contributed by atoms with Gasteiger partial charge in [0, 0.05) is 0 Å². The summed E-state index contributed by atoms with van der Waals surface area (Å²) >= 11 is 0. The van der Waals surface area contributed by atoms with Crippen LogP contribution in [-0.4, -0.2) is 31.3 Å². The number of hydrogen-bond acceptors (Lipinski definition) is 4. The van der Waals surface area contributed by atoms with Crippen LogP contribution in [0.3, 0.4) is 0 Å². The van der Waals surface area contributed by atoms with E-state index in [0.717, 1.165) is 44.1 Å². The Hall–Kier alpha value is -1.31. The molecule has 3 aliphatic rings. The Balaban J connectivity index is 1.70. The third-order valence-electron chi connectivity index (χ3n) is 7.23. The lowest BCUT2D eigenvalue weighted by Gasteiger charge is -2.50. The molecule has 0 spiro atoms. The summed E-state index contributed by atoms with van der Waals surface area (Å²) < 4.78 is 39.1. The lowest BCUT2D eigenvalue weighted by Crippen LogP contribution is -2.43. The van der Waals surface area contributed by atoms with Gasteiger partial charge in [0.15, 0.2) is 0 Å². The van der Waals surface area contributed by atoms with Crippen LogP contribution in [0.15, 0.2) is 12.1 Å². The summed E-state index contributed by atoms with van der Waals surface area (Å²) in [6.07, 6.45) is 5.80. The molecule has 0 unspecified atom stereocenters. The second-order valence-corrected chi connectivity index (χ2v) is 9.54. The highest BCUT2D eigenvalue weighted by atomic mass is 32.2. The highest BCUT2D eigenvalue weighted by Gasteiger charge is 2.54. The molecule has 0 bridgehead atoms. The number of benzene rings is 1. The Bertz CT molecular complexity index is 823. The molecular formula is C19H27NO5S. The molecule has 0 aliphatic heterocycles. The lowest BCUT2D eigenvalue weighted by molar-refractivity contribution is -0.0226. The van der Waals surface area contributed by atoms with Gasteiger partial charge in [0.25, 0.3) is 0 Å². The fraction of sp³-hybridized carbons (Fsp3) is 0.684. The van der Waals surface area contributed by atoms with E-state index in [-0.39, 0.29) is 17.2 Å². The second-order valence-electron chi connectivity index (χ2n) is 8.38. The van der Waals surface area contributed by atoms with Crippen LogP contribution in [0.5, 0.6) is 5.75 Å².